The van der Waals surface area contributed by atoms with Crippen molar-refractivity contribution in [1.82, 2.24) is 4.90 Å². The molecule has 4 rings (SSSR count). The first kappa shape index (κ1) is 21.2. The normalized spacial score (nSPS) is 21.5. The van der Waals surface area contributed by atoms with E-state index < -0.39 is 17.7 Å². The Labute approximate surface area is 185 Å². The van der Waals surface area contributed by atoms with E-state index in [1.54, 1.807) is 29.2 Å². The number of aliphatic hydroxyl groups is 1. The molecule has 2 aliphatic rings. The molecule has 1 saturated heterocycles. The molecule has 31 heavy (non-hydrogen) atoms. The van der Waals surface area contributed by atoms with Crippen LogP contribution in [0.3, 0.4) is 0 Å². The minimum absolute atomic E-state index is 0.00223. The highest BCUT2D eigenvalue weighted by molar-refractivity contribution is 6.46. The lowest BCUT2D eigenvalue weighted by molar-refractivity contribution is -0.141. The predicted octanol–water partition coefficient (Wildman–Crippen LogP) is 4.81. The summed E-state index contributed by atoms with van der Waals surface area (Å²) in [6, 6.07) is 10.3. The molecule has 162 valence electrons. The van der Waals surface area contributed by atoms with Gasteiger partial charge in [-0.1, -0.05) is 43.0 Å². The lowest BCUT2D eigenvalue weighted by atomic mass is 9.91. The number of rotatable bonds is 4. The number of ketones is 1. The topological polar surface area (TPSA) is 87.1 Å². The highest BCUT2D eigenvalue weighted by Gasteiger charge is 2.48. The maximum absolute atomic E-state index is 13.1. The quantitative estimate of drug-likeness (QED) is 0.404. The summed E-state index contributed by atoms with van der Waals surface area (Å²) in [6.45, 7) is 0. The van der Waals surface area contributed by atoms with E-state index in [1.807, 2.05) is 0 Å². The van der Waals surface area contributed by atoms with Crippen molar-refractivity contribution in [2.45, 2.75) is 44.2 Å². The van der Waals surface area contributed by atoms with E-state index in [2.05, 4.69) is 0 Å². The highest BCUT2D eigenvalue weighted by atomic mass is 35.5. The zero-order valence-electron chi connectivity index (χ0n) is 17.2. The zero-order chi connectivity index (χ0) is 22.1. The van der Waals surface area contributed by atoms with Gasteiger partial charge in [-0.3, -0.25) is 9.59 Å². The van der Waals surface area contributed by atoms with E-state index in [0.29, 0.717) is 16.9 Å². The van der Waals surface area contributed by atoms with E-state index in [9.17, 15) is 19.8 Å². The number of phenols is 1. The van der Waals surface area contributed by atoms with Crippen LogP contribution >= 0.6 is 11.6 Å². The summed E-state index contributed by atoms with van der Waals surface area (Å²) < 4.78 is 5.16. The Bertz CT molecular complexity index is 1060. The molecule has 1 amide bonds. The lowest BCUT2D eigenvalue weighted by Gasteiger charge is -2.35. The average molecular weight is 442 g/mol. The number of likely N-dealkylation sites (tertiary alicyclic amines) is 1. The summed E-state index contributed by atoms with van der Waals surface area (Å²) in [5.74, 6) is -1.19. The summed E-state index contributed by atoms with van der Waals surface area (Å²) in [4.78, 5) is 27.8. The molecule has 1 atom stereocenters. The number of carbonyl (C=O) groups is 2. The Balaban J connectivity index is 1.88. The molecule has 1 saturated carbocycles. The van der Waals surface area contributed by atoms with Crippen LogP contribution in [0, 0.1) is 0 Å². The summed E-state index contributed by atoms with van der Waals surface area (Å²) >= 11 is 6.22. The highest BCUT2D eigenvalue weighted by Crippen LogP contribution is 2.44. The number of halogens is 1. The number of Topliss-reactive ketones (excluding diaryl/α,β-unsaturated/α-hetero) is 1. The summed E-state index contributed by atoms with van der Waals surface area (Å²) in [6.07, 6.45) is 4.66. The van der Waals surface area contributed by atoms with E-state index in [-0.39, 0.29) is 28.1 Å². The van der Waals surface area contributed by atoms with Crippen molar-refractivity contribution in [3.63, 3.8) is 0 Å². The van der Waals surface area contributed by atoms with Gasteiger partial charge in [-0.25, -0.2) is 0 Å². The Morgan fingerprint density at radius 3 is 2.48 bits per heavy atom. The molecule has 1 heterocycles. The number of nitrogens with zero attached hydrogens (tertiary/aromatic N) is 1. The van der Waals surface area contributed by atoms with Crippen molar-refractivity contribution in [2.24, 2.45) is 0 Å². The van der Waals surface area contributed by atoms with Gasteiger partial charge in [-0.15, -0.1) is 0 Å². The van der Waals surface area contributed by atoms with Gasteiger partial charge < -0.3 is 19.8 Å². The van der Waals surface area contributed by atoms with Crippen molar-refractivity contribution in [3.8, 4) is 11.5 Å². The van der Waals surface area contributed by atoms with Gasteiger partial charge in [-0.2, -0.15) is 0 Å². The van der Waals surface area contributed by atoms with Crippen molar-refractivity contribution in [1.29, 1.82) is 0 Å². The van der Waals surface area contributed by atoms with Crippen LogP contribution in [0.1, 0.15) is 49.3 Å². The molecule has 6 nitrogen and oxygen atoms in total. The molecule has 2 N–H and O–H groups in total. The van der Waals surface area contributed by atoms with Crippen LogP contribution in [0.4, 0.5) is 0 Å². The molecule has 2 aromatic rings. The third kappa shape index (κ3) is 3.88. The second-order valence-electron chi connectivity index (χ2n) is 7.94. The van der Waals surface area contributed by atoms with Crippen LogP contribution in [0.25, 0.3) is 5.76 Å². The lowest BCUT2D eigenvalue weighted by Crippen LogP contribution is -2.40. The maximum Gasteiger partial charge on any atom is 0.295 e. The maximum atomic E-state index is 13.1. The third-order valence-corrected chi connectivity index (χ3v) is 6.35. The standard InChI is InChI=1S/C24H24ClNO5/c1-31-19-11-10-15(13-18(19)25)22(28)20-21(14-6-5-9-17(27)12-14)26(24(30)23(20)29)16-7-3-2-4-8-16/h5-6,9-13,16,21,27-28H,2-4,7-8H2,1H3/b22-20-. The Hall–Kier alpha value is -2.99. The molecular formula is C24H24ClNO5. The molecule has 2 aromatic carbocycles. The van der Waals surface area contributed by atoms with Crippen molar-refractivity contribution < 1.29 is 24.5 Å². The molecule has 2 fully saturated rings. The van der Waals surface area contributed by atoms with Crippen LogP contribution in [0.2, 0.25) is 5.02 Å². The van der Waals surface area contributed by atoms with Crippen LogP contribution < -0.4 is 4.74 Å². The first-order valence-corrected chi connectivity index (χ1v) is 10.7. The Kier molecular flexibility index (Phi) is 5.92. The van der Waals surface area contributed by atoms with E-state index in [1.165, 1.54) is 25.3 Å². The van der Waals surface area contributed by atoms with Crippen LogP contribution in [0.5, 0.6) is 11.5 Å². The smallest absolute Gasteiger partial charge is 0.295 e. The molecule has 0 aromatic heterocycles. The predicted molar refractivity (Wildman–Crippen MR) is 117 cm³/mol. The average Bonchev–Trinajstić information content (AvgIpc) is 3.04. The minimum Gasteiger partial charge on any atom is -0.508 e. The number of hydrogen-bond donors (Lipinski definition) is 2. The number of phenolic OH excluding ortho intramolecular Hbond substituents is 1. The number of amides is 1. The molecule has 1 aliphatic carbocycles. The van der Waals surface area contributed by atoms with E-state index in [0.717, 1.165) is 32.1 Å². The number of ether oxygens (including phenoxy) is 1. The van der Waals surface area contributed by atoms with Crippen molar-refractivity contribution in [2.75, 3.05) is 7.11 Å². The van der Waals surface area contributed by atoms with Gasteiger partial charge in [0, 0.05) is 11.6 Å². The fourth-order valence-electron chi connectivity index (χ4n) is 4.58. The van der Waals surface area contributed by atoms with Gasteiger partial charge in [0.2, 0.25) is 0 Å². The molecule has 0 spiro atoms. The van der Waals surface area contributed by atoms with Crippen molar-refractivity contribution >= 4 is 29.1 Å². The summed E-state index contributed by atoms with van der Waals surface area (Å²) in [5.41, 5.74) is 0.894. The molecule has 0 bridgehead atoms. The van der Waals surface area contributed by atoms with Gasteiger partial charge in [-0.05, 0) is 48.7 Å². The minimum atomic E-state index is -0.781. The van der Waals surface area contributed by atoms with Crippen molar-refractivity contribution in [3.05, 3.63) is 64.2 Å². The fraction of sp³-hybridized carbons (Fsp3) is 0.333. The fourth-order valence-corrected chi connectivity index (χ4v) is 4.83. The van der Waals surface area contributed by atoms with Gasteiger partial charge in [0.1, 0.15) is 17.3 Å². The number of carbonyl (C=O) groups excluding carboxylic acids is 2. The number of benzene rings is 2. The van der Waals surface area contributed by atoms with Gasteiger partial charge >= 0.3 is 0 Å². The zero-order valence-corrected chi connectivity index (χ0v) is 17.9. The molecule has 7 heteroatoms. The number of hydrogen-bond acceptors (Lipinski definition) is 5. The second-order valence-corrected chi connectivity index (χ2v) is 8.35. The van der Waals surface area contributed by atoms with Crippen LogP contribution in [-0.4, -0.2) is 40.0 Å². The molecular weight excluding hydrogens is 418 g/mol. The largest absolute Gasteiger partial charge is 0.508 e. The summed E-state index contributed by atoms with van der Waals surface area (Å²) in [5, 5.41) is 21.5. The van der Waals surface area contributed by atoms with Gasteiger partial charge in [0.05, 0.1) is 23.7 Å². The van der Waals surface area contributed by atoms with Crippen LogP contribution in [-0.2, 0) is 9.59 Å². The van der Waals surface area contributed by atoms with E-state index >= 15 is 0 Å². The monoisotopic (exact) mass is 441 g/mol. The van der Waals surface area contributed by atoms with E-state index in [4.69, 9.17) is 16.3 Å². The summed E-state index contributed by atoms with van der Waals surface area (Å²) in [7, 11) is 1.48. The molecule has 1 aliphatic heterocycles. The Morgan fingerprint density at radius 1 is 1.10 bits per heavy atom. The molecule has 0 radical (unpaired) electrons. The Morgan fingerprint density at radius 2 is 1.84 bits per heavy atom. The van der Waals surface area contributed by atoms with Gasteiger partial charge in [0.25, 0.3) is 11.7 Å². The first-order chi connectivity index (χ1) is 14.9. The van der Waals surface area contributed by atoms with Crippen LogP contribution in [0.15, 0.2) is 48.0 Å². The third-order valence-electron chi connectivity index (χ3n) is 6.06. The molecule has 1 unspecified atom stereocenters. The number of methoxy groups -OCH3 is 1. The number of aliphatic hydroxyl groups excluding tert-OH is 1. The number of aromatic hydroxyl groups is 1. The second kappa shape index (κ2) is 8.63. The SMILES string of the molecule is COc1ccc(/C(O)=C2/C(=O)C(=O)N(C3CCCCC3)C2c2cccc(O)c2)cc1Cl. The first-order valence-electron chi connectivity index (χ1n) is 10.4. The van der Waals surface area contributed by atoms with Gasteiger partial charge in [0.15, 0.2) is 0 Å².